The molecule has 5 heteroatoms. The summed E-state index contributed by atoms with van der Waals surface area (Å²) >= 11 is 1.80. The summed E-state index contributed by atoms with van der Waals surface area (Å²) in [5, 5.41) is 1.16. The predicted octanol–water partition coefficient (Wildman–Crippen LogP) is 1.17. The first-order chi connectivity index (χ1) is 8.19. The van der Waals surface area contributed by atoms with Crippen molar-refractivity contribution in [3.8, 4) is 0 Å². The molecule has 4 nitrogen and oxygen atoms in total. The lowest BCUT2D eigenvalue weighted by atomic mass is 10.1. The van der Waals surface area contributed by atoms with Crippen molar-refractivity contribution in [3.63, 3.8) is 0 Å². The van der Waals surface area contributed by atoms with Crippen LogP contribution in [-0.4, -0.2) is 49.2 Å². The van der Waals surface area contributed by atoms with E-state index in [2.05, 4.69) is 28.8 Å². The Morgan fingerprint density at radius 2 is 2.12 bits per heavy atom. The lowest BCUT2D eigenvalue weighted by Gasteiger charge is -2.32. The third-order valence-electron chi connectivity index (χ3n) is 3.30. The predicted molar refractivity (Wildman–Crippen MR) is 73.8 cm³/mol. The number of nitrogens with two attached hydrogens (primary N) is 1. The van der Waals surface area contributed by atoms with Gasteiger partial charge in [-0.3, -0.25) is 0 Å². The van der Waals surface area contributed by atoms with Gasteiger partial charge in [0.1, 0.15) is 0 Å². The molecular weight excluding hydrogens is 232 g/mol. The number of nitrogens with zero attached hydrogens (tertiary/aromatic N) is 3. The highest BCUT2D eigenvalue weighted by Crippen LogP contribution is 2.24. The van der Waals surface area contributed by atoms with E-state index < -0.39 is 0 Å². The molecule has 17 heavy (non-hydrogen) atoms. The van der Waals surface area contributed by atoms with Crippen LogP contribution in [0.5, 0.6) is 0 Å². The minimum absolute atomic E-state index is 0.274. The van der Waals surface area contributed by atoms with Crippen LogP contribution < -0.4 is 10.6 Å². The lowest BCUT2D eigenvalue weighted by molar-refractivity contribution is 0.313. The molecule has 1 atom stereocenters. The van der Waals surface area contributed by atoms with Crippen molar-refractivity contribution in [3.05, 3.63) is 11.1 Å². The number of aromatic nitrogens is 1. The zero-order valence-electron chi connectivity index (χ0n) is 10.7. The highest BCUT2D eigenvalue weighted by Gasteiger charge is 2.17. The van der Waals surface area contributed by atoms with Gasteiger partial charge in [-0.15, -0.1) is 11.3 Å². The molecule has 2 heterocycles. The average Bonchev–Trinajstić information content (AvgIpc) is 2.78. The van der Waals surface area contributed by atoms with Crippen molar-refractivity contribution in [1.29, 1.82) is 0 Å². The lowest BCUT2D eigenvalue weighted by Crippen LogP contribution is -2.44. The summed E-state index contributed by atoms with van der Waals surface area (Å²) in [5.41, 5.74) is 5.97. The van der Waals surface area contributed by atoms with Crippen LogP contribution in [-0.2, 0) is 6.42 Å². The molecule has 1 fully saturated rings. The summed E-state index contributed by atoms with van der Waals surface area (Å²) in [6.45, 7) is 6.56. The van der Waals surface area contributed by atoms with Crippen LogP contribution in [0.25, 0.3) is 0 Å². The van der Waals surface area contributed by atoms with Crippen LogP contribution in [0.15, 0.2) is 6.20 Å². The molecule has 0 spiro atoms. The molecule has 1 unspecified atom stereocenters. The molecule has 96 valence electrons. The highest BCUT2D eigenvalue weighted by molar-refractivity contribution is 7.15. The number of hydrogen-bond acceptors (Lipinski definition) is 5. The summed E-state index contributed by atoms with van der Waals surface area (Å²) in [4.78, 5) is 10.6. The van der Waals surface area contributed by atoms with Crippen LogP contribution in [0.2, 0.25) is 0 Å². The Bertz CT molecular complexity index is 344. The number of likely N-dealkylation sites (N-methyl/N-ethyl adjacent to an activating group) is 1. The van der Waals surface area contributed by atoms with Gasteiger partial charge in [0.05, 0.1) is 0 Å². The molecule has 1 saturated heterocycles. The number of anilines is 1. The smallest absolute Gasteiger partial charge is 0.185 e. The minimum atomic E-state index is 0.274. The molecule has 0 amide bonds. The maximum atomic E-state index is 5.97. The average molecular weight is 254 g/mol. The van der Waals surface area contributed by atoms with Crippen molar-refractivity contribution in [2.45, 2.75) is 25.8 Å². The third-order valence-corrected chi connectivity index (χ3v) is 4.38. The van der Waals surface area contributed by atoms with Crippen molar-refractivity contribution in [1.82, 2.24) is 9.88 Å². The first kappa shape index (κ1) is 12.8. The van der Waals surface area contributed by atoms with Crippen molar-refractivity contribution >= 4 is 16.5 Å². The fourth-order valence-corrected chi connectivity index (χ4v) is 2.99. The Balaban J connectivity index is 1.93. The van der Waals surface area contributed by atoms with Gasteiger partial charge in [-0.2, -0.15) is 0 Å². The van der Waals surface area contributed by atoms with E-state index in [-0.39, 0.29) is 6.04 Å². The van der Waals surface area contributed by atoms with Gasteiger partial charge in [-0.25, -0.2) is 4.98 Å². The Morgan fingerprint density at radius 1 is 1.41 bits per heavy atom. The molecular formula is C12H22N4S. The second kappa shape index (κ2) is 5.80. The van der Waals surface area contributed by atoms with Gasteiger partial charge < -0.3 is 15.5 Å². The summed E-state index contributed by atoms with van der Waals surface area (Å²) in [7, 11) is 2.17. The summed E-state index contributed by atoms with van der Waals surface area (Å²) in [5.74, 6) is 0. The van der Waals surface area contributed by atoms with Crippen molar-refractivity contribution in [2.75, 3.05) is 38.1 Å². The number of hydrogen-bond donors (Lipinski definition) is 1. The van der Waals surface area contributed by atoms with E-state index in [9.17, 15) is 0 Å². The van der Waals surface area contributed by atoms with Gasteiger partial charge in [0.15, 0.2) is 5.13 Å². The quantitative estimate of drug-likeness (QED) is 0.876. The standard InChI is InChI=1S/C12H22N4S/c1-3-10(13)8-11-9-14-12(17-11)16-6-4-15(2)5-7-16/h9-10H,3-8,13H2,1-2H3. The van der Waals surface area contributed by atoms with Crippen LogP contribution in [0.3, 0.4) is 0 Å². The van der Waals surface area contributed by atoms with E-state index >= 15 is 0 Å². The molecule has 1 aliphatic rings. The summed E-state index contributed by atoms with van der Waals surface area (Å²) in [6.07, 6.45) is 3.98. The largest absolute Gasteiger partial charge is 0.346 e. The van der Waals surface area contributed by atoms with E-state index in [1.807, 2.05) is 6.20 Å². The summed E-state index contributed by atoms with van der Waals surface area (Å²) < 4.78 is 0. The molecule has 0 saturated carbocycles. The molecule has 1 aromatic rings. The SMILES string of the molecule is CCC(N)Cc1cnc(N2CCN(C)CC2)s1. The van der Waals surface area contributed by atoms with Gasteiger partial charge in [0, 0.05) is 43.3 Å². The van der Waals surface area contributed by atoms with Crippen LogP contribution in [0.1, 0.15) is 18.2 Å². The Labute approximate surface area is 107 Å². The normalized spacial score (nSPS) is 19.6. The van der Waals surface area contributed by atoms with Crippen LogP contribution >= 0.6 is 11.3 Å². The molecule has 2 rings (SSSR count). The van der Waals surface area contributed by atoms with Crippen LogP contribution in [0.4, 0.5) is 5.13 Å². The monoisotopic (exact) mass is 254 g/mol. The molecule has 1 aromatic heterocycles. The number of thiazole rings is 1. The first-order valence-corrected chi connectivity index (χ1v) is 7.14. The maximum absolute atomic E-state index is 5.97. The zero-order chi connectivity index (χ0) is 12.3. The van der Waals surface area contributed by atoms with Gasteiger partial charge in [0.2, 0.25) is 0 Å². The molecule has 0 bridgehead atoms. The minimum Gasteiger partial charge on any atom is -0.346 e. The van der Waals surface area contributed by atoms with E-state index in [1.165, 1.54) is 4.88 Å². The molecule has 0 aliphatic carbocycles. The highest BCUT2D eigenvalue weighted by atomic mass is 32.1. The number of rotatable bonds is 4. The second-order valence-corrected chi connectivity index (χ2v) is 5.87. The fraction of sp³-hybridized carbons (Fsp3) is 0.750. The molecule has 2 N–H and O–H groups in total. The van der Waals surface area contributed by atoms with Gasteiger partial charge in [-0.1, -0.05) is 6.92 Å². The second-order valence-electron chi connectivity index (χ2n) is 4.77. The molecule has 0 radical (unpaired) electrons. The van der Waals surface area contributed by atoms with Gasteiger partial charge >= 0.3 is 0 Å². The van der Waals surface area contributed by atoms with E-state index in [0.29, 0.717) is 0 Å². The fourth-order valence-electron chi connectivity index (χ4n) is 1.94. The maximum Gasteiger partial charge on any atom is 0.185 e. The van der Waals surface area contributed by atoms with Gasteiger partial charge in [0.25, 0.3) is 0 Å². The first-order valence-electron chi connectivity index (χ1n) is 6.32. The topological polar surface area (TPSA) is 45.4 Å². The van der Waals surface area contributed by atoms with Crippen molar-refractivity contribution < 1.29 is 0 Å². The third kappa shape index (κ3) is 3.40. The van der Waals surface area contributed by atoms with E-state index in [1.54, 1.807) is 11.3 Å². The van der Waals surface area contributed by atoms with Gasteiger partial charge in [-0.05, 0) is 19.9 Å². The van der Waals surface area contributed by atoms with Crippen molar-refractivity contribution in [2.24, 2.45) is 5.73 Å². The summed E-state index contributed by atoms with van der Waals surface area (Å²) in [6, 6.07) is 0.274. The Hall–Kier alpha value is -0.650. The van der Waals surface area contributed by atoms with E-state index in [0.717, 1.165) is 44.2 Å². The van der Waals surface area contributed by atoms with E-state index in [4.69, 9.17) is 5.73 Å². The molecule has 1 aliphatic heterocycles. The molecule has 0 aromatic carbocycles. The zero-order valence-corrected chi connectivity index (χ0v) is 11.5. The Morgan fingerprint density at radius 3 is 2.76 bits per heavy atom. The van der Waals surface area contributed by atoms with Crippen LogP contribution in [0, 0.1) is 0 Å². The Kier molecular flexibility index (Phi) is 4.36. The number of piperazine rings is 1.